The van der Waals surface area contributed by atoms with Crippen molar-refractivity contribution in [3.05, 3.63) is 34.6 Å². The lowest BCUT2D eigenvalue weighted by molar-refractivity contribution is 0.0186. The predicted octanol–water partition coefficient (Wildman–Crippen LogP) is 3.53. The molecule has 0 radical (unpaired) electrons. The fourth-order valence-electron chi connectivity index (χ4n) is 2.63. The van der Waals surface area contributed by atoms with Gasteiger partial charge in [-0.05, 0) is 44.9 Å². The molecular formula is C16H22ClFN2O2. The average molecular weight is 329 g/mol. The molecule has 1 fully saturated rings. The summed E-state index contributed by atoms with van der Waals surface area (Å²) in [6.45, 7) is 6.41. The molecule has 1 heterocycles. The van der Waals surface area contributed by atoms with Crippen LogP contribution in [0.5, 0.6) is 0 Å². The highest BCUT2D eigenvalue weighted by Gasteiger charge is 2.32. The number of benzene rings is 1. The number of nitrogens with zero attached hydrogens (tertiary/aromatic N) is 1. The normalized spacial score (nSPS) is 22.5. The third-order valence-electron chi connectivity index (χ3n) is 3.68. The summed E-state index contributed by atoms with van der Waals surface area (Å²) in [5.41, 5.74) is 6.47. The number of amides is 1. The summed E-state index contributed by atoms with van der Waals surface area (Å²) < 4.78 is 18.9. The first-order chi connectivity index (χ1) is 10.2. The topological polar surface area (TPSA) is 55.6 Å². The molecule has 2 N–H and O–H groups in total. The number of piperidine rings is 1. The summed E-state index contributed by atoms with van der Waals surface area (Å²) in [4.78, 5) is 13.7. The summed E-state index contributed by atoms with van der Waals surface area (Å²) in [7, 11) is 0. The number of halogens is 2. The number of rotatable bonds is 1. The first-order valence-electron chi connectivity index (χ1n) is 7.36. The van der Waals surface area contributed by atoms with E-state index < -0.39 is 11.4 Å². The van der Waals surface area contributed by atoms with E-state index in [2.05, 4.69) is 0 Å². The van der Waals surface area contributed by atoms with Crippen molar-refractivity contribution >= 4 is 17.7 Å². The average Bonchev–Trinajstić information content (AvgIpc) is 2.40. The SMILES string of the molecule is CC(C)(C)OC(=O)N1CC[C@H](c2ccc(Cl)c(F)c2)[C@@H](N)C1. The summed E-state index contributed by atoms with van der Waals surface area (Å²) >= 11 is 5.71. The number of carbonyl (C=O) groups excluding carboxylic acids is 1. The smallest absolute Gasteiger partial charge is 0.410 e. The summed E-state index contributed by atoms with van der Waals surface area (Å²) in [6, 6.07) is 4.50. The summed E-state index contributed by atoms with van der Waals surface area (Å²) in [5, 5.41) is 0.100. The predicted molar refractivity (Wildman–Crippen MR) is 84.6 cm³/mol. The molecule has 1 aliphatic rings. The molecule has 122 valence electrons. The summed E-state index contributed by atoms with van der Waals surface area (Å²) in [5.74, 6) is -0.439. The molecule has 1 saturated heterocycles. The Hall–Kier alpha value is -1.33. The number of hydrogen-bond acceptors (Lipinski definition) is 3. The number of carbonyl (C=O) groups is 1. The van der Waals surface area contributed by atoms with E-state index in [0.29, 0.717) is 19.5 Å². The van der Waals surface area contributed by atoms with Crippen molar-refractivity contribution in [2.75, 3.05) is 13.1 Å². The van der Waals surface area contributed by atoms with Gasteiger partial charge in [-0.3, -0.25) is 0 Å². The van der Waals surface area contributed by atoms with E-state index in [9.17, 15) is 9.18 Å². The van der Waals surface area contributed by atoms with Gasteiger partial charge >= 0.3 is 6.09 Å². The molecule has 0 bridgehead atoms. The zero-order valence-electron chi connectivity index (χ0n) is 13.1. The van der Waals surface area contributed by atoms with Gasteiger partial charge in [0, 0.05) is 25.0 Å². The Kier molecular flexibility index (Phi) is 4.97. The van der Waals surface area contributed by atoms with Gasteiger partial charge in [-0.25, -0.2) is 9.18 Å². The Morgan fingerprint density at radius 1 is 1.45 bits per heavy atom. The second-order valence-electron chi connectivity index (χ2n) is 6.66. The lowest BCUT2D eigenvalue weighted by atomic mass is 9.86. The molecule has 22 heavy (non-hydrogen) atoms. The number of likely N-dealkylation sites (tertiary alicyclic amines) is 1. The second kappa shape index (κ2) is 6.42. The molecule has 0 saturated carbocycles. The van der Waals surface area contributed by atoms with E-state index in [4.69, 9.17) is 22.1 Å². The van der Waals surface area contributed by atoms with Gasteiger partial charge in [0.1, 0.15) is 11.4 Å². The van der Waals surface area contributed by atoms with E-state index in [-0.39, 0.29) is 23.1 Å². The molecule has 6 heteroatoms. The summed E-state index contributed by atoms with van der Waals surface area (Å²) in [6.07, 6.45) is 0.310. The molecule has 1 aliphatic heterocycles. The van der Waals surface area contributed by atoms with Crippen molar-refractivity contribution in [2.45, 2.75) is 44.8 Å². The fraction of sp³-hybridized carbons (Fsp3) is 0.562. The zero-order chi connectivity index (χ0) is 16.5. The van der Waals surface area contributed by atoms with E-state index in [1.54, 1.807) is 17.0 Å². The monoisotopic (exact) mass is 328 g/mol. The van der Waals surface area contributed by atoms with Crippen molar-refractivity contribution in [3.8, 4) is 0 Å². The molecule has 2 atom stereocenters. The first-order valence-corrected chi connectivity index (χ1v) is 7.73. The van der Waals surface area contributed by atoms with Gasteiger partial charge in [-0.1, -0.05) is 17.7 Å². The van der Waals surface area contributed by atoms with Crippen LogP contribution in [-0.2, 0) is 4.74 Å². The first kappa shape index (κ1) is 17.0. The van der Waals surface area contributed by atoms with Gasteiger partial charge in [0.15, 0.2) is 0 Å². The van der Waals surface area contributed by atoms with Crippen LogP contribution in [0.25, 0.3) is 0 Å². The highest BCUT2D eigenvalue weighted by Crippen LogP contribution is 2.30. The quantitative estimate of drug-likeness (QED) is 0.858. The third-order valence-corrected chi connectivity index (χ3v) is 3.99. The lowest BCUT2D eigenvalue weighted by Crippen LogP contribution is -2.50. The molecule has 0 unspecified atom stereocenters. The van der Waals surface area contributed by atoms with Crippen LogP contribution in [0.3, 0.4) is 0 Å². The Morgan fingerprint density at radius 2 is 2.14 bits per heavy atom. The molecule has 1 amide bonds. The van der Waals surface area contributed by atoms with E-state index in [1.807, 2.05) is 20.8 Å². The van der Waals surface area contributed by atoms with Crippen LogP contribution >= 0.6 is 11.6 Å². The Labute approximate surface area is 135 Å². The zero-order valence-corrected chi connectivity index (χ0v) is 13.9. The van der Waals surface area contributed by atoms with Crippen LogP contribution in [0, 0.1) is 5.82 Å². The Morgan fingerprint density at radius 3 is 2.68 bits per heavy atom. The van der Waals surface area contributed by atoms with E-state index in [0.717, 1.165) is 5.56 Å². The van der Waals surface area contributed by atoms with Crippen LogP contribution in [0.15, 0.2) is 18.2 Å². The van der Waals surface area contributed by atoms with Gasteiger partial charge in [-0.15, -0.1) is 0 Å². The molecule has 0 aliphatic carbocycles. The largest absolute Gasteiger partial charge is 0.444 e. The minimum absolute atomic E-state index is 0.00505. The van der Waals surface area contributed by atoms with Crippen LogP contribution in [0.4, 0.5) is 9.18 Å². The fourth-order valence-corrected chi connectivity index (χ4v) is 2.75. The van der Waals surface area contributed by atoms with Crippen molar-refractivity contribution in [1.82, 2.24) is 4.90 Å². The van der Waals surface area contributed by atoms with Gasteiger partial charge in [-0.2, -0.15) is 0 Å². The van der Waals surface area contributed by atoms with Gasteiger partial charge in [0.2, 0.25) is 0 Å². The van der Waals surface area contributed by atoms with Crippen molar-refractivity contribution in [3.63, 3.8) is 0 Å². The van der Waals surface area contributed by atoms with Crippen molar-refractivity contribution in [1.29, 1.82) is 0 Å². The molecule has 4 nitrogen and oxygen atoms in total. The maximum Gasteiger partial charge on any atom is 0.410 e. The van der Waals surface area contributed by atoms with Crippen molar-refractivity contribution in [2.24, 2.45) is 5.73 Å². The minimum Gasteiger partial charge on any atom is -0.444 e. The van der Waals surface area contributed by atoms with Crippen LogP contribution in [-0.4, -0.2) is 35.7 Å². The Balaban J connectivity index is 2.03. The van der Waals surface area contributed by atoms with Gasteiger partial charge < -0.3 is 15.4 Å². The lowest BCUT2D eigenvalue weighted by Gasteiger charge is -2.37. The van der Waals surface area contributed by atoms with E-state index >= 15 is 0 Å². The minimum atomic E-state index is -0.530. The van der Waals surface area contributed by atoms with Crippen LogP contribution in [0.1, 0.15) is 38.7 Å². The van der Waals surface area contributed by atoms with E-state index in [1.165, 1.54) is 6.07 Å². The number of hydrogen-bond donors (Lipinski definition) is 1. The molecule has 1 aromatic carbocycles. The number of ether oxygens (including phenoxy) is 1. The van der Waals surface area contributed by atoms with Gasteiger partial charge in [0.25, 0.3) is 0 Å². The van der Waals surface area contributed by atoms with Crippen LogP contribution < -0.4 is 5.73 Å². The highest BCUT2D eigenvalue weighted by molar-refractivity contribution is 6.30. The highest BCUT2D eigenvalue weighted by atomic mass is 35.5. The number of nitrogens with two attached hydrogens (primary N) is 1. The maximum atomic E-state index is 13.6. The Bertz CT molecular complexity index is 560. The third kappa shape index (κ3) is 4.11. The van der Waals surface area contributed by atoms with Crippen LogP contribution in [0.2, 0.25) is 5.02 Å². The molecule has 0 spiro atoms. The maximum absolute atomic E-state index is 13.6. The molecule has 2 rings (SSSR count). The second-order valence-corrected chi connectivity index (χ2v) is 7.07. The van der Waals surface area contributed by atoms with Crippen molar-refractivity contribution < 1.29 is 13.9 Å². The van der Waals surface area contributed by atoms with Gasteiger partial charge in [0.05, 0.1) is 5.02 Å². The standard InChI is InChI=1S/C16H22ClFN2O2/c1-16(2,3)22-15(21)20-7-6-11(14(19)9-20)10-4-5-12(17)13(18)8-10/h4-5,8,11,14H,6-7,9,19H2,1-3H3/t11-,14+/m1/s1. The molecule has 1 aromatic rings. The molecular weight excluding hydrogens is 307 g/mol. The molecule has 0 aromatic heterocycles.